The van der Waals surface area contributed by atoms with Gasteiger partial charge in [0.25, 0.3) is 10.0 Å². The Morgan fingerprint density at radius 1 is 0.872 bits per heavy atom. The molecule has 0 aromatic heterocycles. The fraction of sp³-hybridized carbons (Fsp3) is 0.310. The topological polar surface area (TPSA) is 86.8 Å². The highest BCUT2D eigenvalue weighted by molar-refractivity contribution is 7.92. The SMILES string of the molecule is CCNC(=O)[C@H](CC)N(Cc1ccc(Cl)cc1)C(=O)CN(c1ccc(C)c(C)c1)S(=O)(=O)c1ccc(Cl)cc1. The zero-order valence-corrected chi connectivity index (χ0v) is 24.8. The summed E-state index contributed by atoms with van der Waals surface area (Å²) in [5, 5.41) is 3.73. The molecule has 0 radical (unpaired) electrons. The molecule has 1 atom stereocenters. The van der Waals surface area contributed by atoms with Crippen LogP contribution in [0.15, 0.2) is 71.6 Å². The molecule has 0 spiro atoms. The van der Waals surface area contributed by atoms with Crippen molar-refractivity contribution in [2.24, 2.45) is 0 Å². The number of nitrogens with one attached hydrogen (secondary N) is 1. The van der Waals surface area contributed by atoms with Crippen molar-refractivity contribution in [3.05, 3.63) is 93.5 Å². The third-order valence-electron chi connectivity index (χ3n) is 6.46. The first-order valence-corrected chi connectivity index (χ1v) is 14.8. The van der Waals surface area contributed by atoms with E-state index in [2.05, 4.69) is 5.32 Å². The highest BCUT2D eigenvalue weighted by Crippen LogP contribution is 2.27. The quantitative estimate of drug-likeness (QED) is 0.308. The third-order valence-corrected chi connectivity index (χ3v) is 8.75. The number of aryl methyl sites for hydroxylation is 2. The lowest BCUT2D eigenvalue weighted by Crippen LogP contribution is -2.52. The van der Waals surface area contributed by atoms with Gasteiger partial charge in [0.05, 0.1) is 10.6 Å². The second kappa shape index (κ2) is 13.3. The minimum absolute atomic E-state index is 0.00190. The van der Waals surface area contributed by atoms with Gasteiger partial charge in [-0.15, -0.1) is 0 Å². The number of hydrogen-bond acceptors (Lipinski definition) is 4. The van der Waals surface area contributed by atoms with Crippen molar-refractivity contribution in [2.45, 2.75) is 51.6 Å². The van der Waals surface area contributed by atoms with Crippen LogP contribution in [0.25, 0.3) is 0 Å². The molecule has 3 rings (SSSR count). The minimum atomic E-state index is -4.16. The lowest BCUT2D eigenvalue weighted by molar-refractivity contribution is -0.140. The van der Waals surface area contributed by atoms with Gasteiger partial charge in [0.1, 0.15) is 12.6 Å². The zero-order valence-electron chi connectivity index (χ0n) is 22.4. The minimum Gasteiger partial charge on any atom is -0.355 e. The van der Waals surface area contributed by atoms with Crippen molar-refractivity contribution < 1.29 is 18.0 Å². The van der Waals surface area contributed by atoms with Crippen LogP contribution in [0.4, 0.5) is 5.69 Å². The van der Waals surface area contributed by atoms with Gasteiger partial charge >= 0.3 is 0 Å². The maximum absolute atomic E-state index is 14.0. The van der Waals surface area contributed by atoms with E-state index in [-0.39, 0.29) is 17.3 Å². The molecule has 3 aromatic carbocycles. The largest absolute Gasteiger partial charge is 0.355 e. The number of benzene rings is 3. The van der Waals surface area contributed by atoms with Gasteiger partial charge in [-0.1, -0.05) is 48.3 Å². The normalized spacial score (nSPS) is 12.1. The molecule has 0 aliphatic carbocycles. The van der Waals surface area contributed by atoms with Gasteiger partial charge in [-0.3, -0.25) is 13.9 Å². The molecule has 0 fully saturated rings. The lowest BCUT2D eigenvalue weighted by Gasteiger charge is -2.33. The highest BCUT2D eigenvalue weighted by atomic mass is 35.5. The molecule has 0 heterocycles. The van der Waals surface area contributed by atoms with E-state index in [1.165, 1.54) is 29.2 Å². The van der Waals surface area contributed by atoms with Gasteiger partial charge in [0.2, 0.25) is 11.8 Å². The van der Waals surface area contributed by atoms with Crippen molar-refractivity contribution >= 4 is 50.7 Å². The molecule has 0 unspecified atom stereocenters. The van der Waals surface area contributed by atoms with E-state index in [0.717, 1.165) is 21.0 Å². The molecular formula is C29H33Cl2N3O4S. The number of anilines is 1. The third kappa shape index (κ3) is 7.53. The lowest BCUT2D eigenvalue weighted by atomic mass is 10.1. The van der Waals surface area contributed by atoms with Crippen LogP contribution in [-0.2, 0) is 26.2 Å². The molecule has 0 aliphatic heterocycles. The van der Waals surface area contributed by atoms with Gasteiger partial charge < -0.3 is 10.2 Å². The predicted molar refractivity (Wildman–Crippen MR) is 157 cm³/mol. The first-order valence-electron chi connectivity index (χ1n) is 12.6. The van der Waals surface area contributed by atoms with Gasteiger partial charge in [0, 0.05) is 23.1 Å². The van der Waals surface area contributed by atoms with E-state index in [1.807, 2.05) is 26.8 Å². The van der Waals surface area contributed by atoms with Crippen LogP contribution in [0.1, 0.15) is 37.0 Å². The molecule has 0 saturated carbocycles. The molecule has 0 saturated heterocycles. The smallest absolute Gasteiger partial charge is 0.264 e. The summed E-state index contributed by atoms with van der Waals surface area (Å²) in [6, 6.07) is 17.2. The fourth-order valence-electron chi connectivity index (χ4n) is 4.14. The summed E-state index contributed by atoms with van der Waals surface area (Å²) in [6.07, 6.45) is 0.346. The number of carbonyl (C=O) groups excluding carboxylic acids is 2. The number of nitrogens with zero attached hydrogens (tertiary/aromatic N) is 2. The Balaban J connectivity index is 2.08. The number of hydrogen-bond donors (Lipinski definition) is 1. The molecule has 39 heavy (non-hydrogen) atoms. The summed E-state index contributed by atoms with van der Waals surface area (Å²) in [4.78, 5) is 28.4. The predicted octanol–water partition coefficient (Wildman–Crippen LogP) is 5.75. The Labute approximate surface area is 240 Å². The van der Waals surface area contributed by atoms with Crippen molar-refractivity contribution in [3.63, 3.8) is 0 Å². The summed E-state index contributed by atoms with van der Waals surface area (Å²) in [6.45, 7) is 7.42. The van der Waals surface area contributed by atoms with Crippen LogP contribution < -0.4 is 9.62 Å². The number of halogens is 2. The van der Waals surface area contributed by atoms with Gasteiger partial charge in [-0.05, 0) is 92.4 Å². The van der Waals surface area contributed by atoms with Crippen LogP contribution in [0.3, 0.4) is 0 Å². The zero-order chi connectivity index (χ0) is 28.7. The summed E-state index contributed by atoms with van der Waals surface area (Å²) >= 11 is 12.0. The van der Waals surface area contributed by atoms with Crippen molar-refractivity contribution in [1.82, 2.24) is 10.2 Å². The van der Waals surface area contributed by atoms with Crippen LogP contribution in [0, 0.1) is 13.8 Å². The Bertz CT molecular complexity index is 1410. The molecular weight excluding hydrogens is 557 g/mol. The van der Waals surface area contributed by atoms with Gasteiger partial charge in [-0.25, -0.2) is 8.42 Å². The molecule has 0 aliphatic rings. The second-order valence-electron chi connectivity index (χ2n) is 9.20. The first-order chi connectivity index (χ1) is 18.5. The number of sulfonamides is 1. The van der Waals surface area contributed by atoms with Crippen LogP contribution >= 0.6 is 23.2 Å². The van der Waals surface area contributed by atoms with E-state index in [1.54, 1.807) is 43.3 Å². The first kappa shape index (κ1) is 30.5. The van der Waals surface area contributed by atoms with E-state index >= 15 is 0 Å². The summed E-state index contributed by atoms with van der Waals surface area (Å²) < 4.78 is 28.9. The monoisotopic (exact) mass is 589 g/mol. The summed E-state index contributed by atoms with van der Waals surface area (Å²) in [7, 11) is -4.16. The van der Waals surface area contributed by atoms with Crippen molar-refractivity contribution in [3.8, 4) is 0 Å². The summed E-state index contributed by atoms with van der Waals surface area (Å²) in [5.41, 5.74) is 2.97. The van der Waals surface area contributed by atoms with Gasteiger partial charge in [-0.2, -0.15) is 0 Å². The van der Waals surface area contributed by atoms with Crippen LogP contribution in [0.5, 0.6) is 0 Å². The van der Waals surface area contributed by atoms with Crippen molar-refractivity contribution in [1.29, 1.82) is 0 Å². The number of amides is 2. The van der Waals surface area contributed by atoms with Crippen LogP contribution in [-0.4, -0.2) is 44.3 Å². The average molecular weight is 591 g/mol. The van der Waals surface area contributed by atoms with Crippen LogP contribution in [0.2, 0.25) is 10.0 Å². The molecule has 208 valence electrons. The van der Waals surface area contributed by atoms with E-state index in [0.29, 0.717) is 28.7 Å². The number of carbonyl (C=O) groups is 2. The Morgan fingerprint density at radius 2 is 1.46 bits per heavy atom. The molecule has 7 nitrogen and oxygen atoms in total. The fourth-order valence-corrected chi connectivity index (χ4v) is 5.80. The Morgan fingerprint density at radius 3 is 2.00 bits per heavy atom. The van der Waals surface area contributed by atoms with Crippen molar-refractivity contribution in [2.75, 3.05) is 17.4 Å². The maximum Gasteiger partial charge on any atom is 0.264 e. The van der Waals surface area contributed by atoms with E-state index in [9.17, 15) is 18.0 Å². The van der Waals surface area contributed by atoms with E-state index in [4.69, 9.17) is 23.2 Å². The summed E-state index contributed by atoms with van der Waals surface area (Å²) in [5.74, 6) is -0.820. The molecule has 3 aromatic rings. The number of rotatable bonds is 11. The average Bonchev–Trinajstić information content (AvgIpc) is 2.90. The second-order valence-corrected chi connectivity index (χ2v) is 11.9. The van der Waals surface area contributed by atoms with E-state index < -0.39 is 28.5 Å². The highest BCUT2D eigenvalue weighted by Gasteiger charge is 2.33. The Hall–Kier alpha value is -3.07. The molecule has 1 N–H and O–H groups in total. The molecule has 0 bridgehead atoms. The van der Waals surface area contributed by atoms with Gasteiger partial charge in [0.15, 0.2) is 0 Å². The Kier molecular flexibility index (Phi) is 10.4. The maximum atomic E-state index is 14.0. The number of likely N-dealkylation sites (N-methyl/N-ethyl adjacent to an activating group) is 1. The molecule has 2 amide bonds. The standard InChI is InChI=1S/C29H33Cl2N3O4S/c1-5-27(29(36)32-6-2)33(18-22-8-10-23(30)11-9-22)28(35)19-34(25-14-7-20(3)21(4)17-25)39(37,38)26-15-12-24(31)13-16-26/h7-17,27H,5-6,18-19H2,1-4H3,(H,32,36)/t27-/m0/s1. The molecule has 10 heteroatoms.